The smallest absolute Gasteiger partial charge is 0.194 e. The van der Waals surface area contributed by atoms with E-state index < -0.39 is 9.84 Å². The largest absolute Gasteiger partial charge is 0.493 e. The molecule has 0 radical (unpaired) electrons. The van der Waals surface area contributed by atoms with Crippen molar-refractivity contribution in [1.29, 1.82) is 0 Å². The molecule has 1 heterocycles. The fourth-order valence-corrected chi connectivity index (χ4v) is 4.99. The number of nitrogens with one attached hydrogen (secondary N) is 1. The Labute approximate surface area is 185 Å². The summed E-state index contributed by atoms with van der Waals surface area (Å²) in [7, 11) is 0.00617. The SMILES string of the molecule is CCNC(=NCCCS(=O)(=O)c1ccccc1)N1CCc2cc(OC)c(OC)cc2C1. The third kappa shape index (κ3) is 5.70. The standard InChI is InChI=1S/C23H31N3O4S/c1-4-24-23(25-12-8-14-31(27,28)20-9-6-5-7-10-20)26-13-11-18-15-21(29-2)22(30-3)16-19(18)17-26/h5-7,9-10,15-16H,4,8,11-14,17H2,1-3H3,(H,24,25). The molecule has 1 aliphatic heterocycles. The van der Waals surface area contributed by atoms with Crippen molar-refractivity contribution < 1.29 is 17.9 Å². The van der Waals surface area contributed by atoms with E-state index in [1.54, 1.807) is 38.5 Å². The van der Waals surface area contributed by atoms with Crippen molar-refractivity contribution >= 4 is 15.8 Å². The van der Waals surface area contributed by atoms with Gasteiger partial charge in [-0.25, -0.2) is 8.42 Å². The number of ether oxygens (including phenoxy) is 2. The monoisotopic (exact) mass is 445 g/mol. The predicted octanol–water partition coefficient (Wildman–Crippen LogP) is 2.89. The lowest BCUT2D eigenvalue weighted by molar-refractivity contribution is 0.346. The van der Waals surface area contributed by atoms with Crippen LogP contribution in [0.1, 0.15) is 24.5 Å². The molecule has 8 heteroatoms. The molecule has 0 saturated heterocycles. The summed E-state index contributed by atoms with van der Waals surface area (Å²) in [5.41, 5.74) is 2.43. The van der Waals surface area contributed by atoms with Gasteiger partial charge in [-0.05, 0) is 55.2 Å². The van der Waals surface area contributed by atoms with E-state index in [1.807, 2.05) is 25.1 Å². The molecule has 0 saturated carbocycles. The van der Waals surface area contributed by atoms with Crippen molar-refractivity contribution in [2.24, 2.45) is 4.99 Å². The molecule has 0 amide bonds. The quantitative estimate of drug-likeness (QED) is 0.382. The molecule has 0 atom stereocenters. The molecule has 1 N–H and O–H groups in total. The Morgan fingerprint density at radius 2 is 1.77 bits per heavy atom. The van der Waals surface area contributed by atoms with Gasteiger partial charge in [0.25, 0.3) is 0 Å². The molecule has 168 valence electrons. The molecule has 0 bridgehead atoms. The Balaban J connectivity index is 1.66. The molecule has 0 unspecified atom stereocenters. The summed E-state index contributed by atoms with van der Waals surface area (Å²) >= 11 is 0. The zero-order chi connectivity index (χ0) is 22.3. The van der Waals surface area contributed by atoms with Crippen molar-refractivity contribution in [3.63, 3.8) is 0 Å². The van der Waals surface area contributed by atoms with E-state index in [4.69, 9.17) is 14.5 Å². The minimum absolute atomic E-state index is 0.0831. The second-order valence-corrected chi connectivity index (χ2v) is 9.48. The highest BCUT2D eigenvalue weighted by Gasteiger charge is 2.22. The molecule has 2 aromatic carbocycles. The van der Waals surface area contributed by atoms with E-state index >= 15 is 0 Å². The Morgan fingerprint density at radius 1 is 1.10 bits per heavy atom. The first-order valence-corrected chi connectivity index (χ1v) is 12.2. The Hall–Kier alpha value is -2.74. The summed E-state index contributed by atoms with van der Waals surface area (Å²) in [6, 6.07) is 12.6. The van der Waals surface area contributed by atoms with Crippen LogP contribution >= 0.6 is 0 Å². The van der Waals surface area contributed by atoms with E-state index in [0.29, 0.717) is 24.4 Å². The fraction of sp³-hybridized carbons (Fsp3) is 0.435. The van der Waals surface area contributed by atoms with Crippen LogP contribution in [0.3, 0.4) is 0 Å². The lowest BCUT2D eigenvalue weighted by atomic mass is 9.99. The van der Waals surface area contributed by atoms with Crippen molar-refractivity contribution in [2.75, 3.05) is 39.6 Å². The molecule has 0 aromatic heterocycles. The number of hydrogen-bond donors (Lipinski definition) is 1. The highest BCUT2D eigenvalue weighted by atomic mass is 32.2. The van der Waals surface area contributed by atoms with Gasteiger partial charge in [0.1, 0.15) is 0 Å². The fourth-order valence-electron chi connectivity index (χ4n) is 3.68. The van der Waals surface area contributed by atoms with Crippen molar-refractivity contribution in [3.8, 4) is 11.5 Å². The van der Waals surface area contributed by atoms with Crippen LogP contribution in [0.25, 0.3) is 0 Å². The highest BCUT2D eigenvalue weighted by Crippen LogP contribution is 2.33. The van der Waals surface area contributed by atoms with Gasteiger partial charge < -0.3 is 19.7 Å². The molecule has 0 aliphatic carbocycles. The minimum Gasteiger partial charge on any atom is -0.493 e. The number of methoxy groups -OCH3 is 2. The average molecular weight is 446 g/mol. The molecule has 2 aromatic rings. The van der Waals surface area contributed by atoms with Gasteiger partial charge in [0.05, 0.1) is 24.9 Å². The average Bonchev–Trinajstić information content (AvgIpc) is 2.80. The van der Waals surface area contributed by atoms with Gasteiger partial charge in [-0.3, -0.25) is 4.99 Å². The van der Waals surface area contributed by atoms with E-state index in [9.17, 15) is 8.42 Å². The zero-order valence-electron chi connectivity index (χ0n) is 18.4. The number of rotatable bonds is 8. The summed E-state index contributed by atoms with van der Waals surface area (Å²) in [5.74, 6) is 2.35. The molecular weight excluding hydrogens is 414 g/mol. The Kier molecular flexibility index (Phi) is 7.79. The number of benzene rings is 2. The zero-order valence-corrected chi connectivity index (χ0v) is 19.2. The topological polar surface area (TPSA) is 80.2 Å². The van der Waals surface area contributed by atoms with Crippen LogP contribution in [-0.4, -0.2) is 58.9 Å². The molecule has 3 rings (SSSR count). The summed E-state index contributed by atoms with van der Waals surface area (Å²) < 4.78 is 35.8. The van der Waals surface area contributed by atoms with Gasteiger partial charge >= 0.3 is 0 Å². The predicted molar refractivity (Wildman–Crippen MR) is 123 cm³/mol. The second kappa shape index (κ2) is 10.5. The van der Waals surface area contributed by atoms with E-state index in [1.165, 1.54) is 11.1 Å². The Bertz CT molecular complexity index is 1010. The number of nitrogens with zero attached hydrogens (tertiary/aromatic N) is 2. The van der Waals surface area contributed by atoms with Crippen LogP contribution in [0.15, 0.2) is 52.4 Å². The first-order chi connectivity index (χ1) is 15.0. The number of aliphatic imine (C=N–C) groups is 1. The lowest BCUT2D eigenvalue weighted by Gasteiger charge is -2.32. The Morgan fingerprint density at radius 3 is 2.42 bits per heavy atom. The first-order valence-electron chi connectivity index (χ1n) is 10.5. The third-order valence-corrected chi connectivity index (χ3v) is 7.10. The minimum atomic E-state index is -3.28. The molecule has 7 nitrogen and oxygen atoms in total. The maximum atomic E-state index is 12.5. The number of fused-ring (bicyclic) bond motifs is 1. The van der Waals surface area contributed by atoms with Gasteiger partial charge in [0.15, 0.2) is 27.3 Å². The van der Waals surface area contributed by atoms with Crippen LogP contribution in [-0.2, 0) is 22.8 Å². The van der Waals surface area contributed by atoms with Crippen molar-refractivity contribution in [3.05, 3.63) is 53.6 Å². The molecule has 1 aliphatic rings. The van der Waals surface area contributed by atoms with E-state index in [2.05, 4.69) is 10.2 Å². The maximum absolute atomic E-state index is 12.5. The number of hydrogen-bond acceptors (Lipinski definition) is 5. The molecule has 31 heavy (non-hydrogen) atoms. The maximum Gasteiger partial charge on any atom is 0.194 e. The van der Waals surface area contributed by atoms with Crippen molar-refractivity contribution in [1.82, 2.24) is 10.2 Å². The van der Waals surface area contributed by atoms with Crippen LogP contribution in [0.5, 0.6) is 11.5 Å². The number of sulfone groups is 1. The summed E-state index contributed by atoms with van der Waals surface area (Å²) in [6.07, 6.45) is 1.35. The van der Waals surface area contributed by atoms with Gasteiger partial charge in [-0.1, -0.05) is 18.2 Å². The van der Waals surface area contributed by atoms with Crippen LogP contribution in [0.4, 0.5) is 0 Å². The summed E-state index contributed by atoms with van der Waals surface area (Å²) in [4.78, 5) is 7.26. The second-order valence-electron chi connectivity index (χ2n) is 7.37. The van der Waals surface area contributed by atoms with Gasteiger partial charge in [0.2, 0.25) is 0 Å². The van der Waals surface area contributed by atoms with Crippen LogP contribution < -0.4 is 14.8 Å². The van der Waals surface area contributed by atoms with Crippen molar-refractivity contribution in [2.45, 2.75) is 31.2 Å². The van der Waals surface area contributed by atoms with Gasteiger partial charge in [-0.2, -0.15) is 0 Å². The molecule has 0 fully saturated rings. The summed E-state index contributed by atoms with van der Waals surface area (Å²) in [5, 5.41) is 3.33. The normalized spacial score (nSPS) is 14.2. The first kappa shape index (κ1) is 22.9. The van der Waals surface area contributed by atoms with Gasteiger partial charge in [-0.15, -0.1) is 0 Å². The van der Waals surface area contributed by atoms with E-state index in [0.717, 1.165) is 37.0 Å². The van der Waals surface area contributed by atoms with Crippen LogP contribution in [0.2, 0.25) is 0 Å². The van der Waals surface area contributed by atoms with Crippen LogP contribution in [0, 0.1) is 0 Å². The third-order valence-electron chi connectivity index (χ3n) is 5.29. The highest BCUT2D eigenvalue weighted by molar-refractivity contribution is 7.91. The lowest BCUT2D eigenvalue weighted by Crippen LogP contribution is -2.44. The number of guanidine groups is 1. The van der Waals surface area contributed by atoms with E-state index in [-0.39, 0.29) is 5.75 Å². The van der Waals surface area contributed by atoms with Gasteiger partial charge in [0, 0.05) is 26.2 Å². The molecule has 0 spiro atoms. The summed E-state index contributed by atoms with van der Waals surface area (Å²) in [6.45, 7) is 4.77. The molecular formula is C23H31N3O4S.